The number of likely N-dealkylation sites (tertiary alicyclic amines) is 1. The minimum absolute atomic E-state index is 0.172. The SMILES string of the molecule is COc1c(OC2CCCN(C)C2)cccc1-c1cc(N)on1. The molecule has 1 aromatic carbocycles. The predicted molar refractivity (Wildman–Crippen MR) is 84.1 cm³/mol. The van der Waals surface area contributed by atoms with Crippen molar-refractivity contribution in [3.63, 3.8) is 0 Å². The number of nitrogens with two attached hydrogens (primary N) is 1. The van der Waals surface area contributed by atoms with Gasteiger partial charge < -0.3 is 24.6 Å². The second kappa shape index (κ2) is 6.27. The molecule has 3 rings (SSSR count). The van der Waals surface area contributed by atoms with Gasteiger partial charge in [-0.1, -0.05) is 11.2 Å². The van der Waals surface area contributed by atoms with E-state index in [0.29, 0.717) is 11.4 Å². The molecule has 1 aliphatic rings. The van der Waals surface area contributed by atoms with Crippen molar-refractivity contribution in [3.05, 3.63) is 24.3 Å². The third-order valence-corrected chi connectivity index (χ3v) is 3.86. The summed E-state index contributed by atoms with van der Waals surface area (Å²) in [5.74, 6) is 1.66. The number of benzene rings is 1. The summed E-state index contributed by atoms with van der Waals surface area (Å²) in [6.07, 6.45) is 2.36. The van der Waals surface area contributed by atoms with Gasteiger partial charge in [-0.15, -0.1) is 0 Å². The van der Waals surface area contributed by atoms with Crippen LogP contribution >= 0.6 is 0 Å². The van der Waals surface area contributed by atoms with Crippen molar-refractivity contribution in [3.8, 4) is 22.8 Å². The van der Waals surface area contributed by atoms with E-state index in [1.807, 2.05) is 18.2 Å². The molecular weight excluding hydrogens is 282 g/mol. The van der Waals surface area contributed by atoms with E-state index in [-0.39, 0.29) is 12.0 Å². The Kier molecular flexibility index (Phi) is 4.20. The fourth-order valence-corrected chi connectivity index (χ4v) is 2.83. The molecule has 2 aromatic rings. The second-order valence-corrected chi connectivity index (χ2v) is 5.60. The number of nitrogen functional groups attached to an aromatic ring is 1. The van der Waals surface area contributed by atoms with E-state index in [4.69, 9.17) is 19.7 Å². The van der Waals surface area contributed by atoms with Gasteiger partial charge in [-0.2, -0.15) is 0 Å². The minimum atomic E-state index is 0.172. The lowest BCUT2D eigenvalue weighted by atomic mass is 10.1. The number of anilines is 1. The van der Waals surface area contributed by atoms with Gasteiger partial charge in [-0.25, -0.2) is 0 Å². The van der Waals surface area contributed by atoms with E-state index < -0.39 is 0 Å². The fourth-order valence-electron chi connectivity index (χ4n) is 2.83. The zero-order valence-corrected chi connectivity index (χ0v) is 12.9. The maximum absolute atomic E-state index is 6.16. The summed E-state index contributed by atoms with van der Waals surface area (Å²) < 4.78 is 16.7. The summed E-state index contributed by atoms with van der Waals surface area (Å²) in [5, 5.41) is 3.95. The van der Waals surface area contributed by atoms with Gasteiger partial charge in [0.2, 0.25) is 5.88 Å². The van der Waals surface area contributed by atoms with Crippen LogP contribution in [0.5, 0.6) is 11.5 Å². The topological polar surface area (TPSA) is 73.8 Å². The van der Waals surface area contributed by atoms with Crippen molar-refractivity contribution < 1.29 is 14.0 Å². The Bertz CT molecular complexity index is 641. The van der Waals surface area contributed by atoms with Crippen LogP contribution < -0.4 is 15.2 Å². The smallest absolute Gasteiger partial charge is 0.222 e. The number of likely N-dealkylation sites (N-methyl/N-ethyl adjacent to an activating group) is 1. The minimum Gasteiger partial charge on any atom is -0.492 e. The van der Waals surface area contributed by atoms with Crippen LogP contribution in [0.25, 0.3) is 11.3 Å². The largest absolute Gasteiger partial charge is 0.492 e. The number of aromatic nitrogens is 1. The normalized spacial score (nSPS) is 19.1. The molecule has 0 amide bonds. The maximum atomic E-state index is 6.16. The Morgan fingerprint density at radius 2 is 2.27 bits per heavy atom. The van der Waals surface area contributed by atoms with Crippen LogP contribution in [0.4, 0.5) is 5.88 Å². The number of piperidine rings is 1. The molecular formula is C16H21N3O3. The summed E-state index contributed by atoms with van der Waals surface area (Å²) in [6.45, 7) is 2.04. The lowest BCUT2D eigenvalue weighted by Gasteiger charge is -2.30. The van der Waals surface area contributed by atoms with Crippen LogP contribution in [-0.2, 0) is 0 Å². The molecule has 1 unspecified atom stereocenters. The van der Waals surface area contributed by atoms with Gasteiger partial charge in [0.1, 0.15) is 11.8 Å². The molecule has 0 bridgehead atoms. The predicted octanol–water partition coefficient (Wildman–Crippen LogP) is 2.41. The molecule has 6 nitrogen and oxygen atoms in total. The molecule has 0 radical (unpaired) electrons. The second-order valence-electron chi connectivity index (χ2n) is 5.60. The van der Waals surface area contributed by atoms with Crippen LogP contribution in [0.15, 0.2) is 28.8 Å². The molecule has 2 N–H and O–H groups in total. The molecule has 1 saturated heterocycles. The Morgan fingerprint density at radius 3 is 2.95 bits per heavy atom. The van der Waals surface area contributed by atoms with E-state index in [0.717, 1.165) is 37.2 Å². The number of hydrogen-bond donors (Lipinski definition) is 1. The average molecular weight is 303 g/mol. The molecule has 118 valence electrons. The highest BCUT2D eigenvalue weighted by atomic mass is 16.5. The molecule has 0 saturated carbocycles. The molecule has 1 aliphatic heterocycles. The average Bonchev–Trinajstić information content (AvgIpc) is 2.93. The molecule has 22 heavy (non-hydrogen) atoms. The highest BCUT2D eigenvalue weighted by molar-refractivity contribution is 5.72. The number of nitrogens with zero attached hydrogens (tertiary/aromatic N) is 2. The lowest BCUT2D eigenvalue weighted by Crippen LogP contribution is -2.38. The number of methoxy groups -OCH3 is 1. The van der Waals surface area contributed by atoms with Crippen molar-refractivity contribution in [1.82, 2.24) is 10.1 Å². The first-order valence-electron chi connectivity index (χ1n) is 7.42. The molecule has 0 spiro atoms. The summed E-state index contributed by atoms with van der Waals surface area (Å²) >= 11 is 0. The van der Waals surface area contributed by atoms with Crippen molar-refractivity contribution >= 4 is 5.88 Å². The van der Waals surface area contributed by atoms with Crippen LogP contribution in [-0.4, -0.2) is 43.4 Å². The zero-order valence-electron chi connectivity index (χ0n) is 12.9. The third kappa shape index (κ3) is 3.01. The van der Waals surface area contributed by atoms with Gasteiger partial charge in [-0.3, -0.25) is 0 Å². The molecule has 1 fully saturated rings. The van der Waals surface area contributed by atoms with Gasteiger partial charge in [0.25, 0.3) is 0 Å². The summed E-state index contributed by atoms with van der Waals surface area (Å²) in [7, 11) is 3.74. The van der Waals surface area contributed by atoms with Crippen LogP contribution in [0.2, 0.25) is 0 Å². The van der Waals surface area contributed by atoms with Crippen molar-refractivity contribution in [2.24, 2.45) is 0 Å². The van der Waals surface area contributed by atoms with Crippen LogP contribution in [0, 0.1) is 0 Å². The molecule has 1 atom stereocenters. The Labute approximate surface area is 129 Å². The summed E-state index contributed by atoms with van der Waals surface area (Å²) in [6, 6.07) is 7.43. The Morgan fingerprint density at radius 1 is 1.41 bits per heavy atom. The zero-order chi connectivity index (χ0) is 15.5. The monoisotopic (exact) mass is 303 g/mol. The van der Waals surface area contributed by atoms with Gasteiger partial charge in [0, 0.05) is 18.2 Å². The van der Waals surface area contributed by atoms with Gasteiger partial charge in [0.05, 0.1) is 7.11 Å². The number of para-hydroxylation sites is 1. The van der Waals surface area contributed by atoms with E-state index in [1.165, 1.54) is 0 Å². The number of ether oxygens (including phenoxy) is 2. The quantitative estimate of drug-likeness (QED) is 0.935. The van der Waals surface area contributed by atoms with E-state index in [2.05, 4.69) is 17.1 Å². The van der Waals surface area contributed by atoms with E-state index in [1.54, 1.807) is 13.2 Å². The molecule has 1 aromatic heterocycles. The van der Waals surface area contributed by atoms with Gasteiger partial charge in [-0.05, 0) is 38.6 Å². The molecule has 6 heteroatoms. The molecule has 0 aliphatic carbocycles. The summed E-state index contributed by atoms with van der Waals surface area (Å²) in [5.41, 5.74) is 7.05. The van der Waals surface area contributed by atoms with Gasteiger partial charge in [0.15, 0.2) is 11.5 Å². The fraction of sp³-hybridized carbons (Fsp3) is 0.438. The Balaban J connectivity index is 1.88. The maximum Gasteiger partial charge on any atom is 0.222 e. The first-order chi connectivity index (χ1) is 10.7. The van der Waals surface area contributed by atoms with E-state index >= 15 is 0 Å². The number of hydrogen-bond acceptors (Lipinski definition) is 6. The lowest BCUT2D eigenvalue weighted by molar-refractivity contribution is 0.101. The van der Waals surface area contributed by atoms with Crippen LogP contribution in [0.1, 0.15) is 12.8 Å². The number of rotatable bonds is 4. The summed E-state index contributed by atoms with van der Waals surface area (Å²) in [4.78, 5) is 2.28. The first-order valence-corrected chi connectivity index (χ1v) is 7.42. The standard InChI is InChI=1S/C16H21N3O3/c1-19-8-4-5-11(10-19)21-14-7-3-6-12(16(14)20-2)13-9-15(17)22-18-13/h3,6-7,9,11H,4-5,8,10,17H2,1-2H3. The van der Waals surface area contributed by atoms with Crippen LogP contribution in [0.3, 0.4) is 0 Å². The highest BCUT2D eigenvalue weighted by Gasteiger charge is 2.22. The third-order valence-electron chi connectivity index (χ3n) is 3.86. The first kappa shape index (κ1) is 14.7. The highest BCUT2D eigenvalue weighted by Crippen LogP contribution is 2.38. The van der Waals surface area contributed by atoms with Crippen molar-refractivity contribution in [2.75, 3.05) is 33.0 Å². The van der Waals surface area contributed by atoms with Gasteiger partial charge >= 0.3 is 0 Å². The van der Waals surface area contributed by atoms with Crippen molar-refractivity contribution in [2.45, 2.75) is 18.9 Å². The van der Waals surface area contributed by atoms with Crippen molar-refractivity contribution in [1.29, 1.82) is 0 Å². The van der Waals surface area contributed by atoms with E-state index in [9.17, 15) is 0 Å². The Hall–Kier alpha value is -2.21. The molecule has 2 heterocycles.